The molecule has 1 rings (SSSR count). The van der Waals surface area contributed by atoms with E-state index in [1.165, 1.54) is 0 Å². The van der Waals surface area contributed by atoms with Gasteiger partial charge in [-0.3, -0.25) is 14.5 Å². The molecule has 1 fully saturated rings. The number of carboxylic acids is 1. The fraction of sp³-hybridized carbons (Fsp3) is 0.867. The summed E-state index contributed by atoms with van der Waals surface area (Å²) in [5.74, 6) is -0.338. The van der Waals surface area contributed by atoms with Crippen LogP contribution >= 0.6 is 0 Å². The number of likely N-dealkylation sites (tertiary alicyclic amines) is 1. The largest absolute Gasteiger partial charge is 0.480 e. The predicted octanol–water partition coefficient (Wildman–Crippen LogP) is 1.72. The number of carbonyl (C=O) groups excluding carboxylic acids is 1. The van der Waals surface area contributed by atoms with E-state index in [1.807, 2.05) is 32.6 Å². The van der Waals surface area contributed by atoms with Crippen LogP contribution in [0, 0.1) is 11.3 Å². The highest BCUT2D eigenvalue weighted by atomic mass is 16.4. The molecule has 0 aliphatic carbocycles. The Labute approximate surface area is 121 Å². The molecule has 1 saturated heterocycles. The summed E-state index contributed by atoms with van der Waals surface area (Å²) in [4.78, 5) is 25.1. The molecule has 20 heavy (non-hydrogen) atoms. The summed E-state index contributed by atoms with van der Waals surface area (Å²) in [6.07, 6.45) is 2.67. The van der Waals surface area contributed by atoms with Gasteiger partial charge in [-0.2, -0.15) is 0 Å². The van der Waals surface area contributed by atoms with Crippen molar-refractivity contribution < 1.29 is 14.7 Å². The Kier molecular flexibility index (Phi) is 5.99. The highest BCUT2D eigenvalue weighted by molar-refractivity contribution is 5.81. The molecule has 0 unspecified atom stereocenters. The first-order chi connectivity index (χ1) is 9.25. The summed E-state index contributed by atoms with van der Waals surface area (Å²) < 4.78 is 0. The number of carbonyl (C=O) groups is 2. The van der Waals surface area contributed by atoms with Crippen molar-refractivity contribution in [3.63, 3.8) is 0 Å². The predicted molar refractivity (Wildman–Crippen MR) is 78.5 cm³/mol. The molecule has 1 aliphatic rings. The zero-order valence-electron chi connectivity index (χ0n) is 13.1. The van der Waals surface area contributed by atoms with Crippen molar-refractivity contribution in [3.05, 3.63) is 0 Å². The van der Waals surface area contributed by atoms with Crippen LogP contribution in [0.2, 0.25) is 0 Å². The van der Waals surface area contributed by atoms with E-state index >= 15 is 0 Å². The molecule has 5 heteroatoms. The van der Waals surface area contributed by atoms with Crippen LogP contribution in [-0.4, -0.2) is 47.6 Å². The second-order valence-corrected chi connectivity index (χ2v) is 6.73. The van der Waals surface area contributed by atoms with Gasteiger partial charge in [-0.25, -0.2) is 0 Å². The maximum Gasteiger partial charge on any atom is 0.320 e. The van der Waals surface area contributed by atoms with Gasteiger partial charge in [-0.1, -0.05) is 27.7 Å². The maximum absolute atomic E-state index is 11.9. The number of amides is 1. The molecule has 0 aromatic heterocycles. The lowest BCUT2D eigenvalue weighted by atomic mass is 9.93. The van der Waals surface area contributed by atoms with Crippen LogP contribution < -0.4 is 5.32 Å². The molecule has 0 aromatic carbocycles. The SMILES string of the molecule is CC[C@@H](C(=O)O)N1CCC[C@H](CNC(=O)C(C)(C)C)C1. The Morgan fingerprint density at radius 2 is 2.05 bits per heavy atom. The van der Waals surface area contributed by atoms with E-state index < -0.39 is 12.0 Å². The van der Waals surface area contributed by atoms with Crippen LogP contribution in [0.15, 0.2) is 0 Å². The molecule has 2 N–H and O–H groups in total. The highest BCUT2D eigenvalue weighted by Crippen LogP contribution is 2.20. The lowest BCUT2D eigenvalue weighted by molar-refractivity contribution is -0.144. The number of rotatable bonds is 5. The van der Waals surface area contributed by atoms with Crippen molar-refractivity contribution in [3.8, 4) is 0 Å². The molecule has 0 spiro atoms. The molecule has 5 nitrogen and oxygen atoms in total. The minimum Gasteiger partial charge on any atom is -0.480 e. The van der Waals surface area contributed by atoms with Crippen LogP contribution in [0.25, 0.3) is 0 Å². The fourth-order valence-corrected chi connectivity index (χ4v) is 2.64. The highest BCUT2D eigenvalue weighted by Gasteiger charge is 2.30. The molecule has 0 saturated carbocycles. The number of nitrogens with one attached hydrogen (secondary N) is 1. The number of nitrogens with zero attached hydrogens (tertiary/aromatic N) is 1. The molecule has 1 aliphatic heterocycles. The van der Waals surface area contributed by atoms with Crippen LogP contribution in [0.3, 0.4) is 0 Å². The van der Waals surface area contributed by atoms with E-state index in [2.05, 4.69) is 5.32 Å². The van der Waals surface area contributed by atoms with Gasteiger partial charge < -0.3 is 10.4 Å². The summed E-state index contributed by atoms with van der Waals surface area (Å²) in [5, 5.41) is 12.2. The monoisotopic (exact) mass is 284 g/mol. The minimum absolute atomic E-state index is 0.0555. The van der Waals surface area contributed by atoms with Crippen molar-refractivity contribution in [2.75, 3.05) is 19.6 Å². The van der Waals surface area contributed by atoms with E-state index in [1.54, 1.807) is 0 Å². The Balaban J connectivity index is 2.49. The van der Waals surface area contributed by atoms with Gasteiger partial charge in [0.2, 0.25) is 5.91 Å². The molecule has 2 atom stereocenters. The topological polar surface area (TPSA) is 69.6 Å². The maximum atomic E-state index is 11.9. The van der Waals surface area contributed by atoms with Gasteiger partial charge in [-0.05, 0) is 31.7 Å². The Morgan fingerprint density at radius 3 is 2.55 bits per heavy atom. The molecule has 0 aromatic rings. The molecule has 0 radical (unpaired) electrons. The number of hydrogen-bond acceptors (Lipinski definition) is 3. The molecule has 1 amide bonds. The second-order valence-electron chi connectivity index (χ2n) is 6.73. The normalized spacial score (nSPS) is 22.3. The minimum atomic E-state index is -0.744. The van der Waals surface area contributed by atoms with Crippen LogP contribution in [0.1, 0.15) is 47.0 Å². The third-order valence-electron chi connectivity index (χ3n) is 3.90. The van der Waals surface area contributed by atoms with Gasteiger partial charge in [0.05, 0.1) is 0 Å². The molecular weight excluding hydrogens is 256 g/mol. The standard InChI is InChI=1S/C15H28N2O3/c1-5-12(13(18)19)17-8-6-7-11(10-17)9-16-14(20)15(2,3)4/h11-12H,5-10H2,1-4H3,(H,16,20)(H,18,19)/t11-,12+/m1/s1. The van der Waals surface area contributed by atoms with Gasteiger partial charge in [-0.15, -0.1) is 0 Å². The quantitative estimate of drug-likeness (QED) is 0.806. The first kappa shape index (κ1) is 17.0. The van der Waals surface area contributed by atoms with Crippen molar-refractivity contribution in [2.24, 2.45) is 11.3 Å². The van der Waals surface area contributed by atoms with E-state index in [9.17, 15) is 14.7 Å². The zero-order chi connectivity index (χ0) is 15.3. The van der Waals surface area contributed by atoms with Crippen molar-refractivity contribution in [2.45, 2.75) is 53.0 Å². The Morgan fingerprint density at radius 1 is 1.40 bits per heavy atom. The third-order valence-corrected chi connectivity index (χ3v) is 3.90. The zero-order valence-corrected chi connectivity index (χ0v) is 13.1. The lowest BCUT2D eigenvalue weighted by Gasteiger charge is -2.36. The van der Waals surface area contributed by atoms with Crippen molar-refractivity contribution in [1.82, 2.24) is 10.2 Å². The third kappa shape index (κ3) is 4.78. The molecule has 0 bridgehead atoms. The summed E-state index contributed by atoms with van der Waals surface area (Å²) in [6, 6.07) is -0.392. The van der Waals surface area contributed by atoms with Crippen LogP contribution in [-0.2, 0) is 9.59 Å². The Hall–Kier alpha value is -1.10. The van der Waals surface area contributed by atoms with Gasteiger partial charge >= 0.3 is 5.97 Å². The van der Waals surface area contributed by atoms with Gasteiger partial charge in [0.25, 0.3) is 0 Å². The van der Waals surface area contributed by atoms with Gasteiger partial charge in [0, 0.05) is 18.5 Å². The van der Waals surface area contributed by atoms with Gasteiger partial charge in [0.1, 0.15) is 6.04 Å². The smallest absolute Gasteiger partial charge is 0.320 e. The summed E-state index contributed by atoms with van der Waals surface area (Å²) in [7, 11) is 0. The van der Waals surface area contributed by atoms with E-state index in [0.29, 0.717) is 18.9 Å². The number of aliphatic carboxylic acids is 1. The number of carboxylic acid groups (broad SMARTS) is 1. The van der Waals surface area contributed by atoms with Gasteiger partial charge in [0.15, 0.2) is 0 Å². The first-order valence-corrected chi connectivity index (χ1v) is 7.50. The summed E-state index contributed by atoms with van der Waals surface area (Å²) in [5.41, 5.74) is -0.374. The number of hydrogen-bond donors (Lipinski definition) is 2. The Bertz CT molecular complexity index is 350. The van der Waals surface area contributed by atoms with E-state index in [0.717, 1.165) is 25.9 Å². The van der Waals surface area contributed by atoms with Crippen molar-refractivity contribution in [1.29, 1.82) is 0 Å². The van der Waals surface area contributed by atoms with E-state index in [-0.39, 0.29) is 11.3 Å². The average molecular weight is 284 g/mol. The lowest BCUT2D eigenvalue weighted by Crippen LogP contribution is -2.49. The summed E-state index contributed by atoms with van der Waals surface area (Å²) >= 11 is 0. The summed E-state index contributed by atoms with van der Waals surface area (Å²) in [6.45, 7) is 9.84. The van der Waals surface area contributed by atoms with Crippen molar-refractivity contribution >= 4 is 11.9 Å². The molecular formula is C15H28N2O3. The number of piperidine rings is 1. The second kappa shape index (κ2) is 7.07. The van der Waals surface area contributed by atoms with Crippen LogP contribution in [0.5, 0.6) is 0 Å². The van der Waals surface area contributed by atoms with E-state index in [4.69, 9.17) is 0 Å². The first-order valence-electron chi connectivity index (χ1n) is 7.50. The van der Waals surface area contributed by atoms with Crippen LogP contribution in [0.4, 0.5) is 0 Å². The fourth-order valence-electron chi connectivity index (χ4n) is 2.64. The molecule has 1 heterocycles. The average Bonchev–Trinajstić information content (AvgIpc) is 2.35. The molecule has 116 valence electrons.